The second-order valence-corrected chi connectivity index (χ2v) is 8.79. The van der Waals surface area contributed by atoms with Crippen LogP contribution in [-0.2, 0) is 17.4 Å². The van der Waals surface area contributed by atoms with E-state index in [-0.39, 0.29) is 24.1 Å². The van der Waals surface area contributed by atoms with Crippen molar-refractivity contribution in [2.24, 2.45) is 0 Å². The molecule has 0 spiro atoms. The molecule has 1 aromatic carbocycles. The van der Waals surface area contributed by atoms with Gasteiger partial charge in [0.25, 0.3) is 0 Å². The number of carboxylic acid groups (broad SMARTS) is 1. The van der Waals surface area contributed by atoms with Crippen LogP contribution in [0.5, 0.6) is 0 Å². The van der Waals surface area contributed by atoms with Crippen molar-refractivity contribution in [2.45, 2.75) is 30.0 Å². The second-order valence-electron chi connectivity index (χ2n) is 7.94. The van der Waals surface area contributed by atoms with Crippen molar-refractivity contribution in [3.8, 4) is 6.07 Å². The number of likely N-dealkylation sites (N-methyl/N-ethyl adjacent to an activating group) is 1. The van der Waals surface area contributed by atoms with Gasteiger partial charge in [0.15, 0.2) is 5.82 Å². The number of carbonyl (C=O) groups is 1. The molecule has 176 valence electrons. The van der Waals surface area contributed by atoms with E-state index in [1.54, 1.807) is 35.4 Å². The zero-order valence-corrected chi connectivity index (χ0v) is 19.2. The summed E-state index contributed by atoms with van der Waals surface area (Å²) in [4.78, 5) is 20.0. The standard InChI is InChI=1S/C22H24F3N5O2S/c1-29(2)14-6-7-30(12-14)19-10-16(22(23,24)25)15(11-26)21(28-19)27-17-8-13(9-20(31)32)4-5-18(17)33-3/h4-5,8,10,14H,6-7,9,12H2,1-3H3,(H,27,28)(H,31,32)/t14-/m0/s1. The SMILES string of the molecule is CSc1ccc(CC(=O)O)cc1Nc1nc(N2CC[C@H](N(C)C)C2)cc(C(F)(F)F)c1C#N. The lowest BCUT2D eigenvalue weighted by Crippen LogP contribution is -2.32. The maximum atomic E-state index is 13.9. The minimum Gasteiger partial charge on any atom is -0.481 e. The first-order valence-electron chi connectivity index (χ1n) is 10.1. The van der Waals surface area contributed by atoms with Gasteiger partial charge in [0.2, 0.25) is 0 Å². The Hall–Kier alpha value is -2.97. The number of thioether (sulfide) groups is 1. The molecule has 1 saturated heterocycles. The van der Waals surface area contributed by atoms with Crippen molar-refractivity contribution in [3.05, 3.63) is 41.0 Å². The molecule has 7 nitrogen and oxygen atoms in total. The highest BCUT2D eigenvalue weighted by molar-refractivity contribution is 7.98. The van der Waals surface area contributed by atoms with Crippen molar-refractivity contribution in [1.82, 2.24) is 9.88 Å². The fraction of sp³-hybridized carbons (Fsp3) is 0.409. The molecule has 1 aliphatic rings. The van der Waals surface area contributed by atoms with Crippen LogP contribution < -0.4 is 10.2 Å². The highest BCUT2D eigenvalue weighted by Crippen LogP contribution is 2.39. The maximum absolute atomic E-state index is 13.9. The van der Waals surface area contributed by atoms with Crippen molar-refractivity contribution in [1.29, 1.82) is 5.26 Å². The largest absolute Gasteiger partial charge is 0.481 e. The summed E-state index contributed by atoms with van der Waals surface area (Å²) in [6.07, 6.45) is -2.41. The number of rotatable bonds is 7. The molecule has 0 amide bonds. The summed E-state index contributed by atoms with van der Waals surface area (Å²) in [7, 11) is 3.84. The fourth-order valence-electron chi connectivity index (χ4n) is 3.76. The molecule has 0 bridgehead atoms. The van der Waals surface area contributed by atoms with Crippen LogP contribution in [0.4, 0.5) is 30.5 Å². The lowest BCUT2D eigenvalue weighted by molar-refractivity contribution is -0.138. The van der Waals surface area contributed by atoms with Crippen LogP contribution in [0.2, 0.25) is 0 Å². The number of alkyl halides is 3. The van der Waals surface area contributed by atoms with Gasteiger partial charge in [-0.1, -0.05) is 6.07 Å². The number of aliphatic carboxylic acids is 1. The molecule has 11 heteroatoms. The summed E-state index contributed by atoms with van der Waals surface area (Å²) in [5.74, 6) is -1.10. The lowest BCUT2D eigenvalue weighted by Gasteiger charge is -2.23. The fourth-order valence-corrected chi connectivity index (χ4v) is 4.29. The topological polar surface area (TPSA) is 92.5 Å². The Bertz CT molecular complexity index is 1080. The minimum absolute atomic E-state index is 0.139. The normalized spacial score (nSPS) is 16.2. The number of halogens is 3. The number of anilines is 3. The Morgan fingerprint density at radius 3 is 2.67 bits per heavy atom. The van der Waals surface area contributed by atoms with E-state index in [1.165, 1.54) is 11.8 Å². The van der Waals surface area contributed by atoms with Gasteiger partial charge in [0.05, 0.1) is 17.7 Å². The van der Waals surface area contributed by atoms with Gasteiger partial charge in [-0.2, -0.15) is 18.4 Å². The number of hydrogen-bond donors (Lipinski definition) is 2. The summed E-state index contributed by atoms with van der Waals surface area (Å²) in [5, 5.41) is 21.5. The summed E-state index contributed by atoms with van der Waals surface area (Å²) >= 11 is 1.34. The van der Waals surface area contributed by atoms with Crippen LogP contribution in [0.25, 0.3) is 0 Å². The predicted octanol–water partition coefficient (Wildman–Crippen LogP) is 4.20. The number of hydrogen-bond acceptors (Lipinski definition) is 7. The number of aromatic nitrogens is 1. The highest BCUT2D eigenvalue weighted by Gasteiger charge is 2.37. The molecule has 2 heterocycles. The summed E-state index contributed by atoms with van der Waals surface area (Å²) in [6.45, 7) is 1.06. The first kappa shape index (κ1) is 24.7. The average Bonchev–Trinajstić information content (AvgIpc) is 3.23. The summed E-state index contributed by atoms with van der Waals surface area (Å²) in [6, 6.07) is 7.65. The average molecular weight is 480 g/mol. The van der Waals surface area contributed by atoms with Crippen LogP contribution >= 0.6 is 11.8 Å². The van der Waals surface area contributed by atoms with Crippen LogP contribution in [0, 0.1) is 11.3 Å². The predicted molar refractivity (Wildman–Crippen MR) is 121 cm³/mol. The van der Waals surface area contributed by atoms with Gasteiger partial charge in [-0.3, -0.25) is 4.79 Å². The number of pyridine rings is 1. The molecule has 2 N–H and O–H groups in total. The van der Waals surface area contributed by atoms with Crippen LogP contribution in [-0.4, -0.2) is 60.4 Å². The molecule has 1 atom stereocenters. The third kappa shape index (κ3) is 5.69. The quantitative estimate of drug-likeness (QED) is 0.571. The van der Waals surface area contributed by atoms with E-state index in [4.69, 9.17) is 5.11 Å². The molecule has 1 aliphatic heterocycles. The van der Waals surface area contributed by atoms with Crippen molar-refractivity contribution in [3.63, 3.8) is 0 Å². The van der Waals surface area contributed by atoms with Gasteiger partial charge in [0, 0.05) is 24.0 Å². The summed E-state index contributed by atoms with van der Waals surface area (Å²) in [5.41, 5.74) is -0.798. The zero-order chi connectivity index (χ0) is 24.3. The number of nitrogens with one attached hydrogen (secondary N) is 1. The number of benzene rings is 1. The van der Waals surface area contributed by atoms with E-state index in [0.29, 0.717) is 29.2 Å². The Morgan fingerprint density at radius 2 is 2.12 bits per heavy atom. The first-order chi connectivity index (χ1) is 15.5. The van der Waals surface area contributed by atoms with Gasteiger partial charge < -0.3 is 20.2 Å². The monoisotopic (exact) mass is 479 g/mol. The van der Waals surface area contributed by atoms with Crippen molar-refractivity contribution >= 4 is 35.1 Å². The first-order valence-corrected chi connectivity index (χ1v) is 11.4. The molecule has 1 aromatic heterocycles. The molecule has 0 aliphatic carbocycles. The second kappa shape index (κ2) is 9.89. The molecule has 2 aromatic rings. The smallest absolute Gasteiger partial charge is 0.417 e. The van der Waals surface area contributed by atoms with E-state index in [1.807, 2.05) is 19.0 Å². The highest BCUT2D eigenvalue weighted by atomic mass is 32.2. The summed E-state index contributed by atoms with van der Waals surface area (Å²) < 4.78 is 41.6. The Morgan fingerprint density at radius 1 is 1.39 bits per heavy atom. The number of nitrogens with zero attached hydrogens (tertiary/aromatic N) is 4. The zero-order valence-electron chi connectivity index (χ0n) is 18.4. The Labute approximate surface area is 194 Å². The molecule has 0 saturated carbocycles. The molecular formula is C22H24F3N5O2S. The maximum Gasteiger partial charge on any atom is 0.417 e. The third-order valence-electron chi connectivity index (χ3n) is 5.51. The van der Waals surface area contributed by atoms with Crippen molar-refractivity contribution in [2.75, 3.05) is 43.7 Å². The van der Waals surface area contributed by atoms with E-state index < -0.39 is 23.3 Å². The van der Waals surface area contributed by atoms with Gasteiger partial charge >= 0.3 is 12.1 Å². The van der Waals surface area contributed by atoms with E-state index in [2.05, 4.69) is 10.3 Å². The molecule has 1 fully saturated rings. The molecule has 33 heavy (non-hydrogen) atoms. The minimum atomic E-state index is -4.74. The molecule has 0 radical (unpaired) electrons. The third-order valence-corrected chi connectivity index (χ3v) is 6.31. The number of nitriles is 1. The van der Waals surface area contributed by atoms with Gasteiger partial charge in [-0.25, -0.2) is 4.98 Å². The van der Waals surface area contributed by atoms with Gasteiger partial charge in [-0.05, 0) is 50.5 Å². The molecule has 3 rings (SSSR count). The van der Waals surface area contributed by atoms with E-state index >= 15 is 0 Å². The van der Waals surface area contributed by atoms with E-state index in [0.717, 1.165) is 12.5 Å². The Kier molecular flexibility index (Phi) is 7.39. The molecular weight excluding hydrogens is 455 g/mol. The van der Waals surface area contributed by atoms with Crippen LogP contribution in [0.15, 0.2) is 29.2 Å². The van der Waals surface area contributed by atoms with Gasteiger partial charge in [-0.15, -0.1) is 11.8 Å². The molecule has 0 unspecified atom stereocenters. The van der Waals surface area contributed by atoms with Gasteiger partial charge in [0.1, 0.15) is 17.5 Å². The van der Waals surface area contributed by atoms with Crippen LogP contribution in [0.3, 0.4) is 0 Å². The Balaban J connectivity index is 2.09. The number of carboxylic acids is 1. The van der Waals surface area contributed by atoms with Crippen LogP contribution in [0.1, 0.15) is 23.1 Å². The van der Waals surface area contributed by atoms with E-state index in [9.17, 15) is 23.2 Å². The lowest BCUT2D eigenvalue weighted by atomic mass is 10.1. The van der Waals surface area contributed by atoms with Crippen molar-refractivity contribution < 1.29 is 23.1 Å².